The third kappa shape index (κ3) is 1.48. The van der Waals surface area contributed by atoms with Gasteiger partial charge in [0, 0.05) is 19.5 Å². The molecule has 0 fully saturated rings. The van der Waals surface area contributed by atoms with Crippen molar-refractivity contribution in [1.29, 1.82) is 0 Å². The molecule has 4 heteroatoms. The monoisotopic (exact) mass is 216 g/mol. The van der Waals surface area contributed by atoms with E-state index in [1.807, 2.05) is 38.4 Å². The van der Waals surface area contributed by atoms with Gasteiger partial charge in [-0.15, -0.1) is 0 Å². The Labute approximate surface area is 92.5 Å². The summed E-state index contributed by atoms with van der Waals surface area (Å²) in [5.74, 6) is 0. The van der Waals surface area contributed by atoms with Crippen molar-refractivity contribution in [2.75, 3.05) is 19.0 Å². The summed E-state index contributed by atoms with van der Waals surface area (Å²) in [5, 5.41) is 0.870. The van der Waals surface area contributed by atoms with Crippen LogP contribution in [0, 0.1) is 0 Å². The summed E-state index contributed by atoms with van der Waals surface area (Å²) in [4.78, 5) is 27.1. The average Bonchev–Trinajstić information content (AvgIpc) is 2.26. The number of H-pyrrole nitrogens is 1. The third-order valence-electron chi connectivity index (χ3n) is 2.50. The van der Waals surface area contributed by atoms with E-state index >= 15 is 0 Å². The molecule has 2 aromatic rings. The van der Waals surface area contributed by atoms with Gasteiger partial charge in [0.1, 0.15) is 5.56 Å². The fourth-order valence-electron chi connectivity index (χ4n) is 1.83. The van der Waals surface area contributed by atoms with E-state index in [-0.39, 0.29) is 11.1 Å². The number of aromatic nitrogens is 1. The molecule has 0 aliphatic rings. The quantitative estimate of drug-likeness (QED) is 0.772. The second-order valence-electron chi connectivity index (χ2n) is 3.77. The second kappa shape index (κ2) is 3.81. The minimum Gasteiger partial charge on any atom is -0.376 e. The van der Waals surface area contributed by atoms with Crippen LogP contribution in [0.2, 0.25) is 0 Å². The van der Waals surface area contributed by atoms with Gasteiger partial charge in [-0.25, -0.2) is 0 Å². The van der Waals surface area contributed by atoms with E-state index < -0.39 is 0 Å². The van der Waals surface area contributed by atoms with Gasteiger partial charge in [0.05, 0.1) is 11.2 Å². The number of para-hydroxylation sites is 1. The molecule has 0 unspecified atom stereocenters. The van der Waals surface area contributed by atoms with Crippen molar-refractivity contribution >= 4 is 22.9 Å². The summed E-state index contributed by atoms with van der Waals surface area (Å²) in [6.45, 7) is 0. The number of pyridine rings is 1. The number of aromatic amines is 1. The molecule has 1 aromatic carbocycles. The average molecular weight is 216 g/mol. The van der Waals surface area contributed by atoms with Crippen LogP contribution < -0.4 is 10.5 Å². The maximum atomic E-state index is 11.7. The number of nitrogens with zero attached hydrogens (tertiary/aromatic N) is 1. The maximum absolute atomic E-state index is 11.7. The highest BCUT2D eigenvalue weighted by Gasteiger charge is 2.12. The minimum absolute atomic E-state index is 0.170. The first-order valence-corrected chi connectivity index (χ1v) is 4.92. The molecule has 82 valence electrons. The summed E-state index contributed by atoms with van der Waals surface area (Å²) in [5.41, 5.74) is 1.22. The number of hydrogen-bond acceptors (Lipinski definition) is 3. The molecule has 0 aliphatic heterocycles. The summed E-state index contributed by atoms with van der Waals surface area (Å²) >= 11 is 0. The smallest absolute Gasteiger partial charge is 0.261 e. The SMILES string of the molecule is CN(C)c1c(C=O)c(=O)[nH]c2ccccc12. The Balaban J connectivity index is 2.98. The van der Waals surface area contributed by atoms with Crippen LogP contribution in [-0.4, -0.2) is 25.4 Å². The predicted octanol–water partition coefficient (Wildman–Crippen LogP) is 1.41. The standard InChI is InChI=1S/C12H12N2O2/c1-14(2)11-8-5-3-4-6-10(8)13-12(16)9(11)7-15/h3-7H,1-2H3,(H,13,16). The van der Waals surface area contributed by atoms with Crippen LogP contribution in [0.3, 0.4) is 0 Å². The highest BCUT2D eigenvalue weighted by atomic mass is 16.1. The Morgan fingerprint density at radius 2 is 1.94 bits per heavy atom. The molecule has 0 saturated carbocycles. The molecule has 0 spiro atoms. The zero-order chi connectivity index (χ0) is 11.7. The van der Waals surface area contributed by atoms with Crippen molar-refractivity contribution in [3.05, 3.63) is 40.2 Å². The fourth-order valence-corrected chi connectivity index (χ4v) is 1.83. The van der Waals surface area contributed by atoms with Gasteiger partial charge >= 0.3 is 0 Å². The number of fused-ring (bicyclic) bond motifs is 1. The van der Waals surface area contributed by atoms with Crippen LogP contribution in [-0.2, 0) is 0 Å². The van der Waals surface area contributed by atoms with Crippen molar-refractivity contribution in [1.82, 2.24) is 4.98 Å². The van der Waals surface area contributed by atoms with E-state index in [0.29, 0.717) is 12.0 Å². The van der Waals surface area contributed by atoms with E-state index in [4.69, 9.17) is 0 Å². The highest BCUT2D eigenvalue weighted by Crippen LogP contribution is 2.24. The van der Waals surface area contributed by atoms with Gasteiger partial charge in [0.2, 0.25) is 0 Å². The lowest BCUT2D eigenvalue weighted by molar-refractivity contribution is 0.112. The number of hydrogen-bond donors (Lipinski definition) is 1. The minimum atomic E-state index is -0.350. The number of benzene rings is 1. The molecule has 1 aromatic heterocycles. The van der Waals surface area contributed by atoms with Gasteiger partial charge < -0.3 is 9.88 Å². The number of carbonyl (C=O) groups excluding carboxylic acids is 1. The van der Waals surface area contributed by atoms with Gasteiger partial charge in [0.15, 0.2) is 6.29 Å². The molecule has 2 rings (SSSR count). The summed E-state index contributed by atoms with van der Waals surface area (Å²) in [7, 11) is 3.63. The normalized spacial score (nSPS) is 10.4. The molecule has 0 amide bonds. The van der Waals surface area contributed by atoms with Crippen LogP contribution >= 0.6 is 0 Å². The van der Waals surface area contributed by atoms with E-state index in [2.05, 4.69) is 4.98 Å². The number of carbonyl (C=O) groups is 1. The van der Waals surface area contributed by atoms with Crippen LogP contribution in [0.15, 0.2) is 29.1 Å². The Kier molecular flexibility index (Phi) is 2.48. The van der Waals surface area contributed by atoms with Crippen molar-refractivity contribution in [2.45, 2.75) is 0 Å². The van der Waals surface area contributed by atoms with Crippen LogP contribution in [0.25, 0.3) is 10.9 Å². The topological polar surface area (TPSA) is 53.2 Å². The fraction of sp³-hybridized carbons (Fsp3) is 0.167. The maximum Gasteiger partial charge on any atom is 0.261 e. The Bertz CT molecular complexity index is 599. The number of nitrogens with one attached hydrogen (secondary N) is 1. The molecule has 1 heterocycles. The first-order valence-electron chi connectivity index (χ1n) is 4.92. The molecule has 0 bridgehead atoms. The van der Waals surface area contributed by atoms with E-state index in [0.717, 1.165) is 10.9 Å². The third-order valence-corrected chi connectivity index (χ3v) is 2.50. The molecule has 4 nitrogen and oxygen atoms in total. The molecule has 0 atom stereocenters. The first-order chi connectivity index (χ1) is 7.65. The van der Waals surface area contributed by atoms with Crippen molar-refractivity contribution in [2.24, 2.45) is 0 Å². The first kappa shape index (κ1) is 10.4. The number of rotatable bonds is 2. The van der Waals surface area contributed by atoms with Gasteiger partial charge in [-0.1, -0.05) is 18.2 Å². The zero-order valence-corrected chi connectivity index (χ0v) is 9.15. The van der Waals surface area contributed by atoms with E-state index in [1.54, 1.807) is 4.90 Å². The second-order valence-corrected chi connectivity index (χ2v) is 3.77. The van der Waals surface area contributed by atoms with Gasteiger partial charge in [0.25, 0.3) is 5.56 Å². The Hall–Kier alpha value is -2.10. The molecular weight excluding hydrogens is 204 g/mol. The molecule has 0 radical (unpaired) electrons. The van der Waals surface area contributed by atoms with Crippen LogP contribution in [0.5, 0.6) is 0 Å². The van der Waals surface area contributed by atoms with Crippen molar-refractivity contribution in [3.63, 3.8) is 0 Å². The lowest BCUT2D eigenvalue weighted by atomic mass is 10.1. The van der Waals surface area contributed by atoms with Gasteiger partial charge in [-0.2, -0.15) is 0 Å². The molecular formula is C12H12N2O2. The van der Waals surface area contributed by atoms with Crippen molar-refractivity contribution < 1.29 is 4.79 Å². The Morgan fingerprint density at radius 3 is 2.56 bits per heavy atom. The lowest BCUT2D eigenvalue weighted by Crippen LogP contribution is -2.20. The number of anilines is 1. The van der Waals surface area contributed by atoms with Crippen LogP contribution in [0.4, 0.5) is 5.69 Å². The van der Waals surface area contributed by atoms with E-state index in [9.17, 15) is 9.59 Å². The van der Waals surface area contributed by atoms with E-state index in [1.165, 1.54) is 0 Å². The van der Waals surface area contributed by atoms with Crippen molar-refractivity contribution in [3.8, 4) is 0 Å². The number of aldehydes is 1. The van der Waals surface area contributed by atoms with Crippen LogP contribution in [0.1, 0.15) is 10.4 Å². The predicted molar refractivity (Wildman–Crippen MR) is 64.3 cm³/mol. The summed E-state index contributed by atoms with van der Waals surface area (Å²) < 4.78 is 0. The molecule has 1 N–H and O–H groups in total. The lowest BCUT2D eigenvalue weighted by Gasteiger charge is -2.16. The highest BCUT2D eigenvalue weighted by molar-refractivity contribution is 6.00. The summed E-state index contributed by atoms with van der Waals surface area (Å²) in [6, 6.07) is 7.42. The zero-order valence-electron chi connectivity index (χ0n) is 9.15. The molecule has 16 heavy (non-hydrogen) atoms. The van der Waals surface area contributed by atoms with Gasteiger partial charge in [-0.05, 0) is 6.07 Å². The summed E-state index contributed by atoms with van der Waals surface area (Å²) in [6.07, 6.45) is 0.598. The molecule has 0 saturated heterocycles. The largest absolute Gasteiger partial charge is 0.376 e. The van der Waals surface area contributed by atoms with Gasteiger partial charge in [-0.3, -0.25) is 9.59 Å². The Morgan fingerprint density at radius 1 is 1.25 bits per heavy atom. The molecule has 0 aliphatic carbocycles.